The smallest absolute Gasteiger partial charge is 0.253 e. The molecule has 28 heavy (non-hydrogen) atoms. The molecule has 1 N–H and O–H groups in total. The summed E-state index contributed by atoms with van der Waals surface area (Å²) in [7, 11) is 0. The Kier molecular flexibility index (Phi) is 8.81. The summed E-state index contributed by atoms with van der Waals surface area (Å²) >= 11 is 0. The Morgan fingerprint density at radius 2 is 1.89 bits per heavy atom. The number of rotatable bonds is 7. The lowest BCUT2D eigenvalue weighted by Gasteiger charge is -2.32. The molecular formula is C23H31ClN2O2. The van der Waals surface area contributed by atoms with Crippen LogP contribution >= 0.6 is 12.4 Å². The Balaban J connectivity index is 0.00000280. The molecule has 0 atom stereocenters. The van der Waals surface area contributed by atoms with Crippen molar-refractivity contribution in [2.75, 3.05) is 26.2 Å². The van der Waals surface area contributed by atoms with Gasteiger partial charge in [-0.2, -0.15) is 0 Å². The predicted molar refractivity (Wildman–Crippen MR) is 116 cm³/mol. The van der Waals surface area contributed by atoms with Gasteiger partial charge in [0.2, 0.25) is 0 Å². The number of nitrogens with zero attached hydrogens (tertiary/aromatic N) is 1. The van der Waals surface area contributed by atoms with Crippen LogP contribution in [0.5, 0.6) is 5.75 Å². The highest BCUT2D eigenvalue weighted by molar-refractivity contribution is 5.94. The van der Waals surface area contributed by atoms with Crippen LogP contribution in [-0.4, -0.2) is 37.0 Å². The molecule has 2 aromatic carbocycles. The minimum Gasteiger partial charge on any atom is -0.489 e. The van der Waals surface area contributed by atoms with Gasteiger partial charge in [-0.1, -0.05) is 42.8 Å². The number of hydrogen-bond donors (Lipinski definition) is 1. The molecule has 0 unspecified atom stereocenters. The zero-order valence-corrected chi connectivity index (χ0v) is 17.6. The van der Waals surface area contributed by atoms with E-state index in [1.54, 1.807) is 0 Å². The van der Waals surface area contributed by atoms with Crippen LogP contribution in [-0.2, 0) is 6.61 Å². The van der Waals surface area contributed by atoms with Gasteiger partial charge in [0.1, 0.15) is 12.4 Å². The van der Waals surface area contributed by atoms with Gasteiger partial charge in [0.25, 0.3) is 5.91 Å². The Morgan fingerprint density at radius 3 is 2.61 bits per heavy atom. The van der Waals surface area contributed by atoms with Crippen LogP contribution in [0.15, 0.2) is 48.5 Å². The minimum atomic E-state index is 0. The second-order valence-corrected chi connectivity index (χ2v) is 7.35. The van der Waals surface area contributed by atoms with Gasteiger partial charge < -0.3 is 15.0 Å². The number of piperidine rings is 1. The van der Waals surface area contributed by atoms with Crippen molar-refractivity contribution in [3.05, 3.63) is 65.2 Å². The Hall–Kier alpha value is -2.04. The zero-order chi connectivity index (χ0) is 19.1. The molecule has 5 heteroatoms. The number of halogens is 1. The fraction of sp³-hybridized carbons (Fsp3) is 0.435. The van der Waals surface area contributed by atoms with Crippen LogP contribution in [0.1, 0.15) is 41.3 Å². The SMILES string of the molecule is CCNCC1CCN(C(=O)c2cccc(OCc3cccc(C)c3)c2)CC1.Cl. The first-order valence-electron chi connectivity index (χ1n) is 9.94. The molecule has 0 aliphatic carbocycles. The van der Waals surface area contributed by atoms with Crippen LogP contribution in [0.3, 0.4) is 0 Å². The highest BCUT2D eigenvalue weighted by atomic mass is 35.5. The first-order valence-corrected chi connectivity index (χ1v) is 9.94. The predicted octanol–water partition coefficient (Wildman–Crippen LogP) is 4.46. The molecule has 0 bridgehead atoms. The number of amides is 1. The maximum absolute atomic E-state index is 12.8. The van der Waals surface area contributed by atoms with Crippen LogP contribution in [0.4, 0.5) is 0 Å². The van der Waals surface area contributed by atoms with Crippen molar-refractivity contribution in [1.29, 1.82) is 0 Å². The van der Waals surface area contributed by atoms with Crippen molar-refractivity contribution in [3.8, 4) is 5.75 Å². The standard InChI is InChI=1S/C23H30N2O2.ClH/c1-3-24-16-19-10-12-25(13-11-19)23(26)21-8-5-9-22(15-21)27-17-20-7-4-6-18(2)14-20;/h4-9,14-15,19,24H,3,10-13,16-17H2,1-2H3;1H. The lowest BCUT2D eigenvalue weighted by molar-refractivity contribution is 0.0690. The highest BCUT2D eigenvalue weighted by Gasteiger charge is 2.23. The number of nitrogens with one attached hydrogen (secondary N) is 1. The molecule has 1 heterocycles. The number of hydrogen-bond acceptors (Lipinski definition) is 3. The number of benzene rings is 2. The molecular weight excluding hydrogens is 372 g/mol. The van der Waals surface area contributed by atoms with Crippen molar-refractivity contribution in [1.82, 2.24) is 10.2 Å². The van der Waals surface area contributed by atoms with Gasteiger partial charge in [0.05, 0.1) is 0 Å². The first kappa shape index (κ1) is 22.3. The summed E-state index contributed by atoms with van der Waals surface area (Å²) in [6.45, 7) is 8.45. The minimum absolute atomic E-state index is 0. The van der Waals surface area contributed by atoms with Gasteiger partial charge in [0.15, 0.2) is 0 Å². The molecule has 1 amide bonds. The zero-order valence-electron chi connectivity index (χ0n) is 16.8. The number of aryl methyl sites for hydroxylation is 1. The molecule has 1 aliphatic heterocycles. The fourth-order valence-corrected chi connectivity index (χ4v) is 3.56. The second-order valence-electron chi connectivity index (χ2n) is 7.35. The van der Waals surface area contributed by atoms with Crippen molar-refractivity contribution >= 4 is 18.3 Å². The molecule has 1 saturated heterocycles. The van der Waals surface area contributed by atoms with E-state index in [9.17, 15) is 4.79 Å². The molecule has 1 aliphatic rings. The van der Waals surface area contributed by atoms with Crippen LogP contribution in [0.25, 0.3) is 0 Å². The molecule has 0 radical (unpaired) electrons. The van der Waals surface area contributed by atoms with Crippen molar-refractivity contribution in [2.45, 2.75) is 33.3 Å². The third-order valence-corrected chi connectivity index (χ3v) is 5.15. The van der Waals surface area contributed by atoms with Crippen molar-refractivity contribution in [3.63, 3.8) is 0 Å². The van der Waals surface area contributed by atoms with E-state index in [2.05, 4.69) is 37.4 Å². The highest BCUT2D eigenvalue weighted by Crippen LogP contribution is 2.21. The topological polar surface area (TPSA) is 41.6 Å². The summed E-state index contributed by atoms with van der Waals surface area (Å²) in [4.78, 5) is 14.8. The summed E-state index contributed by atoms with van der Waals surface area (Å²) in [5, 5.41) is 3.41. The summed E-state index contributed by atoms with van der Waals surface area (Å²) in [5.74, 6) is 1.53. The van der Waals surface area contributed by atoms with E-state index in [-0.39, 0.29) is 18.3 Å². The Bertz CT molecular complexity index is 758. The molecule has 0 saturated carbocycles. The summed E-state index contributed by atoms with van der Waals surface area (Å²) in [6.07, 6.45) is 2.14. The summed E-state index contributed by atoms with van der Waals surface area (Å²) in [5.41, 5.74) is 3.06. The van der Waals surface area contributed by atoms with E-state index < -0.39 is 0 Å². The average molecular weight is 403 g/mol. The summed E-state index contributed by atoms with van der Waals surface area (Å²) < 4.78 is 5.91. The van der Waals surface area contributed by atoms with Gasteiger partial charge in [-0.05, 0) is 62.5 Å². The monoisotopic (exact) mass is 402 g/mol. The number of carbonyl (C=O) groups excluding carboxylic acids is 1. The van der Waals surface area contributed by atoms with E-state index in [4.69, 9.17) is 4.74 Å². The average Bonchev–Trinajstić information content (AvgIpc) is 2.71. The largest absolute Gasteiger partial charge is 0.489 e. The molecule has 3 rings (SSSR count). The third kappa shape index (κ3) is 6.25. The third-order valence-electron chi connectivity index (χ3n) is 5.15. The maximum atomic E-state index is 12.8. The lowest BCUT2D eigenvalue weighted by Crippen LogP contribution is -2.40. The van der Waals surface area contributed by atoms with E-state index in [0.29, 0.717) is 18.1 Å². The van der Waals surface area contributed by atoms with Gasteiger partial charge in [0, 0.05) is 18.7 Å². The molecule has 2 aromatic rings. The molecule has 152 valence electrons. The molecule has 1 fully saturated rings. The quantitative estimate of drug-likeness (QED) is 0.743. The van der Waals surface area contributed by atoms with E-state index in [1.807, 2.05) is 35.2 Å². The Morgan fingerprint density at radius 1 is 1.14 bits per heavy atom. The van der Waals surface area contributed by atoms with Crippen LogP contribution in [0, 0.1) is 12.8 Å². The van der Waals surface area contributed by atoms with Crippen molar-refractivity contribution < 1.29 is 9.53 Å². The first-order chi connectivity index (χ1) is 13.2. The Labute approximate surface area is 174 Å². The molecule has 0 aromatic heterocycles. The van der Waals surface area contributed by atoms with Crippen LogP contribution in [0.2, 0.25) is 0 Å². The maximum Gasteiger partial charge on any atom is 0.253 e. The second kappa shape index (κ2) is 11.1. The van der Waals surface area contributed by atoms with Gasteiger partial charge >= 0.3 is 0 Å². The normalized spacial score (nSPS) is 14.4. The van der Waals surface area contributed by atoms with Crippen LogP contribution < -0.4 is 10.1 Å². The number of likely N-dealkylation sites (tertiary alicyclic amines) is 1. The van der Waals surface area contributed by atoms with E-state index in [1.165, 1.54) is 5.56 Å². The molecule has 0 spiro atoms. The van der Waals surface area contributed by atoms with Gasteiger partial charge in [-0.3, -0.25) is 4.79 Å². The number of ether oxygens (including phenoxy) is 1. The fourth-order valence-electron chi connectivity index (χ4n) is 3.56. The van der Waals surface area contributed by atoms with E-state index >= 15 is 0 Å². The van der Waals surface area contributed by atoms with E-state index in [0.717, 1.165) is 50.3 Å². The number of carbonyl (C=O) groups is 1. The van der Waals surface area contributed by atoms with Gasteiger partial charge in [-0.25, -0.2) is 0 Å². The van der Waals surface area contributed by atoms with Gasteiger partial charge in [-0.15, -0.1) is 12.4 Å². The molecule has 4 nitrogen and oxygen atoms in total. The summed E-state index contributed by atoms with van der Waals surface area (Å²) in [6, 6.07) is 15.8. The van der Waals surface area contributed by atoms with Crippen molar-refractivity contribution in [2.24, 2.45) is 5.92 Å². The lowest BCUT2D eigenvalue weighted by atomic mass is 9.96.